The van der Waals surface area contributed by atoms with Crippen LogP contribution in [0, 0.1) is 10.8 Å². The highest BCUT2D eigenvalue weighted by Crippen LogP contribution is 2.34. The van der Waals surface area contributed by atoms with E-state index < -0.39 is 53.3 Å². The molecule has 2 aliphatic heterocycles. The zero-order valence-corrected chi connectivity index (χ0v) is 31.6. The van der Waals surface area contributed by atoms with Crippen LogP contribution in [-0.4, -0.2) is 80.0 Å². The third kappa shape index (κ3) is 11.8. The Morgan fingerprint density at radius 3 is 1.93 bits per heavy atom. The first kappa shape index (κ1) is 41.9. The number of esters is 2. The van der Waals surface area contributed by atoms with E-state index in [1.54, 1.807) is 86.8 Å². The summed E-state index contributed by atoms with van der Waals surface area (Å²) in [5, 5.41) is 32.3. The topological polar surface area (TPSA) is 178 Å². The molecule has 2 aromatic rings. The van der Waals surface area contributed by atoms with Gasteiger partial charge in [0.05, 0.1) is 24.7 Å². The van der Waals surface area contributed by atoms with Gasteiger partial charge in [0.1, 0.15) is 36.9 Å². The SMILES string of the molecule is CC=C[C@H](O)C(C)(C)[C@@H]1CC=C[C@@H]2O[C@@H]2C=CC=Cc2nc(co2)C(=O)O[C@@H](C(C)(C)[C@@H](O)C=CC)CC=CC=CC=C[C@H](O)Cc2nc(co2)C(=O)O1. The predicted octanol–water partition coefficient (Wildman–Crippen LogP) is 6.60. The van der Waals surface area contributed by atoms with E-state index in [0.717, 1.165) is 0 Å². The molecule has 0 saturated carbocycles. The number of oxazole rings is 2. The molecule has 0 aliphatic carbocycles. The molecule has 2 aliphatic rings. The van der Waals surface area contributed by atoms with E-state index in [4.69, 9.17) is 23.0 Å². The molecule has 0 unspecified atom stereocenters. The number of hydrogen-bond donors (Lipinski definition) is 3. The molecular formula is C42H52N2O10. The zero-order chi connectivity index (χ0) is 39.3. The molecule has 12 heteroatoms. The van der Waals surface area contributed by atoms with E-state index in [9.17, 15) is 24.9 Å². The van der Waals surface area contributed by atoms with Gasteiger partial charge in [0.2, 0.25) is 5.89 Å². The van der Waals surface area contributed by atoms with Crippen molar-refractivity contribution in [2.24, 2.45) is 10.8 Å². The molecule has 0 aromatic carbocycles. The van der Waals surface area contributed by atoms with Crippen LogP contribution in [-0.2, 0) is 20.6 Å². The predicted molar refractivity (Wildman–Crippen MR) is 203 cm³/mol. The first-order chi connectivity index (χ1) is 25.8. The molecular weight excluding hydrogens is 692 g/mol. The summed E-state index contributed by atoms with van der Waals surface area (Å²) in [6.07, 6.45) is 26.2. The third-order valence-corrected chi connectivity index (χ3v) is 9.35. The summed E-state index contributed by atoms with van der Waals surface area (Å²) in [5.41, 5.74) is -1.77. The Kier molecular flexibility index (Phi) is 15.1. The highest BCUT2D eigenvalue weighted by atomic mass is 16.6. The van der Waals surface area contributed by atoms with E-state index in [2.05, 4.69) is 9.97 Å². The molecule has 4 bridgehead atoms. The van der Waals surface area contributed by atoms with Gasteiger partial charge in [-0.2, -0.15) is 0 Å². The molecule has 54 heavy (non-hydrogen) atoms. The summed E-state index contributed by atoms with van der Waals surface area (Å²) in [5.74, 6) is -1.04. The third-order valence-electron chi connectivity index (χ3n) is 9.35. The Bertz CT molecular complexity index is 1790. The molecule has 12 nitrogen and oxygen atoms in total. The second-order valence-electron chi connectivity index (χ2n) is 14.2. The largest absolute Gasteiger partial charge is 0.457 e. The average Bonchev–Trinajstić information content (AvgIpc) is 3.45. The summed E-state index contributed by atoms with van der Waals surface area (Å²) in [7, 11) is 0. The van der Waals surface area contributed by atoms with Crippen LogP contribution < -0.4 is 0 Å². The number of epoxide rings is 1. The molecule has 1 saturated heterocycles. The zero-order valence-electron chi connectivity index (χ0n) is 31.6. The van der Waals surface area contributed by atoms with Crippen LogP contribution in [0.25, 0.3) is 6.08 Å². The van der Waals surface area contributed by atoms with Gasteiger partial charge in [-0.25, -0.2) is 19.6 Å². The number of carbonyl (C=O) groups is 2. The van der Waals surface area contributed by atoms with Crippen molar-refractivity contribution in [1.82, 2.24) is 9.97 Å². The van der Waals surface area contributed by atoms with Gasteiger partial charge < -0.3 is 38.4 Å². The Morgan fingerprint density at radius 2 is 1.28 bits per heavy atom. The van der Waals surface area contributed by atoms with Crippen LogP contribution in [0.2, 0.25) is 0 Å². The fourth-order valence-electron chi connectivity index (χ4n) is 5.53. The number of aliphatic hydroxyl groups is 3. The molecule has 0 amide bonds. The Hall–Kier alpha value is -4.88. The molecule has 3 N–H and O–H groups in total. The van der Waals surface area contributed by atoms with Crippen molar-refractivity contribution in [2.75, 3.05) is 0 Å². The lowest BCUT2D eigenvalue weighted by Crippen LogP contribution is -2.42. The van der Waals surface area contributed by atoms with E-state index in [0.29, 0.717) is 12.8 Å². The first-order valence-electron chi connectivity index (χ1n) is 18.0. The maximum absolute atomic E-state index is 13.2. The molecule has 1 fully saturated rings. The summed E-state index contributed by atoms with van der Waals surface area (Å²) >= 11 is 0. The number of nitrogens with zero attached hydrogens (tertiary/aromatic N) is 2. The Labute approximate surface area is 316 Å². The van der Waals surface area contributed by atoms with Gasteiger partial charge in [0.25, 0.3) is 0 Å². The quantitative estimate of drug-likeness (QED) is 0.164. The summed E-state index contributed by atoms with van der Waals surface area (Å²) in [4.78, 5) is 34.9. The normalized spacial score (nSPS) is 25.0. The number of fused-ring (bicyclic) bond motifs is 5. The monoisotopic (exact) mass is 744 g/mol. The van der Waals surface area contributed by atoms with Crippen molar-refractivity contribution in [3.8, 4) is 0 Å². The van der Waals surface area contributed by atoms with Gasteiger partial charge in [-0.15, -0.1) is 0 Å². The molecule has 0 spiro atoms. The minimum absolute atomic E-state index is 0.00530. The van der Waals surface area contributed by atoms with Crippen molar-refractivity contribution in [3.63, 3.8) is 0 Å². The van der Waals surface area contributed by atoms with Gasteiger partial charge >= 0.3 is 11.9 Å². The standard InChI is InChI=1S/C42H52N2O10/c1-7-17-33(46)41(3,4)35-22-13-11-9-10-12-19-28(45)25-38-44-30(27-51-38)40(49)54-36(42(5,6)34(47)18-8-2)23-16-21-32-31(52-32)20-14-15-24-37-43-29(26-50-37)39(48)53-35/h7-21,24,26-28,31-36,45-47H,22-23,25H2,1-6H3/t28-,31+,32-,33-,34-,35+,36-/m0/s1. The van der Waals surface area contributed by atoms with Crippen molar-refractivity contribution in [3.05, 3.63) is 127 Å². The lowest BCUT2D eigenvalue weighted by molar-refractivity contribution is -0.0461. The van der Waals surface area contributed by atoms with Crippen molar-refractivity contribution in [2.45, 2.75) is 104 Å². The van der Waals surface area contributed by atoms with Gasteiger partial charge in [-0.05, 0) is 13.8 Å². The number of carbonyl (C=O) groups excluding carboxylic acids is 2. The maximum atomic E-state index is 13.2. The number of ether oxygens (including phenoxy) is 3. The maximum Gasteiger partial charge on any atom is 0.360 e. The van der Waals surface area contributed by atoms with Crippen molar-refractivity contribution in [1.29, 1.82) is 0 Å². The number of aromatic nitrogens is 2. The van der Waals surface area contributed by atoms with E-state index in [-0.39, 0.29) is 41.8 Å². The Morgan fingerprint density at radius 1 is 0.722 bits per heavy atom. The number of allylic oxidation sites excluding steroid dienone is 8. The van der Waals surface area contributed by atoms with Crippen LogP contribution in [0.5, 0.6) is 0 Å². The van der Waals surface area contributed by atoms with Gasteiger partial charge in [0, 0.05) is 29.7 Å². The van der Waals surface area contributed by atoms with Gasteiger partial charge in [0.15, 0.2) is 17.3 Å². The Balaban J connectivity index is 1.56. The fourth-order valence-corrected chi connectivity index (χ4v) is 5.53. The highest BCUT2D eigenvalue weighted by molar-refractivity contribution is 5.87. The van der Waals surface area contributed by atoms with Crippen LogP contribution >= 0.6 is 0 Å². The van der Waals surface area contributed by atoms with Crippen LogP contribution in [0.3, 0.4) is 0 Å². The average molecular weight is 745 g/mol. The smallest absolute Gasteiger partial charge is 0.360 e. The molecule has 4 heterocycles. The lowest BCUT2D eigenvalue weighted by Gasteiger charge is -2.36. The minimum atomic E-state index is -0.956. The molecule has 290 valence electrons. The number of aliphatic hydroxyl groups excluding tert-OH is 3. The summed E-state index contributed by atoms with van der Waals surface area (Å²) < 4.78 is 28.5. The molecule has 2 aromatic heterocycles. The lowest BCUT2D eigenvalue weighted by atomic mass is 9.79. The van der Waals surface area contributed by atoms with E-state index in [1.807, 2.05) is 52.0 Å². The molecule has 0 radical (unpaired) electrons. The summed E-state index contributed by atoms with van der Waals surface area (Å²) in [6.45, 7) is 10.9. The first-order valence-corrected chi connectivity index (χ1v) is 18.0. The number of hydrogen-bond acceptors (Lipinski definition) is 12. The van der Waals surface area contributed by atoms with Crippen LogP contribution in [0.1, 0.15) is 87.1 Å². The minimum Gasteiger partial charge on any atom is -0.457 e. The van der Waals surface area contributed by atoms with Gasteiger partial charge in [-0.3, -0.25) is 0 Å². The number of rotatable bonds is 6. The van der Waals surface area contributed by atoms with Crippen molar-refractivity contribution >= 4 is 18.0 Å². The van der Waals surface area contributed by atoms with Crippen molar-refractivity contribution < 1.29 is 48.0 Å². The second-order valence-corrected chi connectivity index (χ2v) is 14.2. The second kappa shape index (κ2) is 19.4. The highest BCUT2D eigenvalue weighted by Gasteiger charge is 2.40. The fraction of sp³-hybridized carbons (Fsp3) is 0.429. The van der Waals surface area contributed by atoms with Crippen LogP contribution in [0.15, 0.2) is 113 Å². The summed E-state index contributed by atoms with van der Waals surface area (Å²) in [6, 6.07) is 0. The molecule has 7 atom stereocenters. The van der Waals surface area contributed by atoms with E-state index in [1.165, 1.54) is 12.5 Å². The van der Waals surface area contributed by atoms with Gasteiger partial charge in [-0.1, -0.05) is 119 Å². The number of cyclic esters (lactones) is 2. The van der Waals surface area contributed by atoms with E-state index >= 15 is 0 Å². The molecule has 4 rings (SSSR count). The van der Waals surface area contributed by atoms with Crippen LogP contribution in [0.4, 0.5) is 0 Å².